The summed E-state index contributed by atoms with van der Waals surface area (Å²) in [6, 6.07) is 19.2. The van der Waals surface area contributed by atoms with E-state index >= 15 is 0 Å². The van der Waals surface area contributed by atoms with Crippen molar-refractivity contribution in [2.45, 2.75) is 0 Å². The first-order valence-corrected chi connectivity index (χ1v) is 5.85. The van der Waals surface area contributed by atoms with E-state index in [0.717, 1.165) is 0 Å². The zero-order valence-electron chi connectivity index (χ0n) is 8.18. The molecule has 0 saturated heterocycles. The van der Waals surface area contributed by atoms with E-state index in [2.05, 4.69) is 60.0 Å². The monoisotopic (exact) mass is 210 g/mol. The molecule has 1 aliphatic heterocycles. The summed E-state index contributed by atoms with van der Waals surface area (Å²) in [7, 11) is 0. The van der Waals surface area contributed by atoms with Crippen molar-refractivity contribution in [3.8, 4) is 21.6 Å². The first kappa shape index (κ1) is 8.69. The van der Waals surface area contributed by atoms with Crippen LogP contribution >= 0.6 is 11.3 Å². The van der Waals surface area contributed by atoms with Gasteiger partial charge in [-0.15, -0.1) is 11.3 Å². The molecule has 1 aromatic carbocycles. The van der Waals surface area contributed by atoms with E-state index in [0.29, 0.717) is 0 Å². The molecule has 1 aromatic rings. The van der Waals surface area contributed by atoms with Crippen LogP contribution in [0.15, 0.2) is 60.0 Å². The van der Waals surface area contributed by atoms with Crippen molar-refractivity contribution < 1.29 is 0 Å². The Kier molecular flexibility index (Phi) is 2.04. The average Bonchev–Trinajstić information content (AvgIpc) is 2.74. The van der Waals surface area contributed by atoms with Crippen LogP contribution in [0.2, 0.25) is 0 Å². The first-order chi connectivity index (χ1) is 7.45. The maximum absolute atomic E-state index is 2.20. The minimum Gasteiger partial charge on any atom is -0.143 e. The van der Waals surface area contributed by atoms with Crippen molar-refractivity contribution >= 4 is 11.3 Å². The molecule has 1 heteroatoms. The number of fused-ring (bicyclic) bond motifs is 1. The third-order valence-electron chi connectivity index (χ3n) is 2.56. The summed E-state index contributed by atoms with van der Waals surface area (Å²) in [6.07, 6.45) is 0. The molecule has 0 radical (unpaired) electrons. The summed E-state index contributed by atoms with van der Waals surface area (Å²) in [4.78, 5) is 1.38. The van der Waals surface area contributed by atoms with Crippen LogP contribution in [0.1, 0.15) is 0 Å². The Morgan fingerprint density at radius 1 is 0.667 bits per heavy atom. The van der Waals surface area contributed by atoms with Crippen LogP contribution in [0, 0.1) is 0 Å². The second kappa shape index (κ2) is 3.52. The molecular weight excluding hydrogens is 200 g/mol. The molecule has 1 aliphatic carbocycles. The minimum absolute atomic E-state index is 1.30. The van der Waals surface area contributed by atoms with Gasteiger partial charge in [0.05, 0.1) is 0 Å². The SMILES string of the molecule is c1ccc(-c2ccc3cccsc2-3)cc1. The molecule has 0 spiro atoms. The third-order valence-corrected chi connectivity index (χ3v) is 3.55. The van der Waals surface area contributed by atoms with Crippen molar-refractivity contribution in [3.63, 3.8) is 0 Å². The van der Waals surface area contributed by atoms with Crippen molar-refractivity contribution in [2.24, 2.45) is 0 Å². The molecule has 0 unspecified atom stereocenters. The fraction of sp³-hybridized carbons (Fsp3) is 0. The van der Waals surface area contributed by atoms with E-state index in [4.69, 9.17) is 0 Å². The lowest BCUT2D eigenvalue weighted by atomic mass is 10.1. The van der Waals surface area contributed by atoms with Gasteiger partial charge in [0.25, 0.3) is 0 Å². The highest BCUT2D eigenvalue weighted by atomic mass is 32.1. The van der Waals surface area contributed by atoms with E-state index in [1.54, 1.807) is 11.3 Å². The van der Waals surface area contributed by atoms with Gasteiger partial charge in [-0.2, -0.15) is 0 Å². The summed E-state index contributed by atoms with van der Waals surface area (Å²) in [5.41, 5.74) is 3.98. The topological polar surface area (TPSA) is 0 Å². The lowest BCUT2D eigenvalue weighted by Crippen LogP contribution is -1.75. The first-order valence-electron chi connectivity index (χ1n) is 4.97. The van der Waals surface area contributed by atoms with Gasteiger partial charge in [0, 0.05) is 4.88 Å². The molecule has 0 saturated carbocycles. The molecular formula is C14H10S. The van der Waals surface area contributed by atoms with Crippen molar-refractivity contribution in [1.29, 1.82) is 0 Å². The Labute approximate surface area is 93.2 Å². The summed E-state index contributed by atoms with van der Waals surface area (Å²) in [5, 5.41) is 2.13. The number of hydrogen-bond donors (Lipinski definition) is 0. The molecule has 0 N–H and O–H groups in total. The number of hydrogen-bond acceptors (Lipinski definition) is 1. The fourth-order valence-electron chi connectivity index (χ4n) is 1.84. The highest BCUT2D eigenvalue weighted by Gasteiger charge is 2.09. The van der Waals surface area contributed by atoms with E-state index in [1.165, 1.54) is 21.6 Å². The predicted molar refractivity (Wildman–Crippen MR) is 66.4 cm³/mol. The Hall–Kier alpha value is -1.60. The maximum Gasteiger partial charge on any atom is 0.0420 e. The van der Waals surface area contributed by atoms with E-state index in [-0.39, 0.29) is 0 Å². The largest absolute Gasteiger partial charge is 0.143 e. The number of benzene rings is 1. The zero-order valence-corrected chi connectivity index (χ0v) is 9.00. The van der Waals surface area contributed by atoms with Gasteiger partial charge in [0.1, 0.15) is 0 Å². The molecule has 3 rings (SSSR count). The van der Waals surface area contributed by atoms with Gasteiger partial charge >= 0.3 is 0 Å². The Morgan fingerprint density at radius 2 is 1.47 bits per heavy atom. The van der Waals surface area contributed by atoms with Crippen LogP contribution in [0.5, 0.6) is 0 Å². The van der Waals surface area contributed by atoms with Gasteiger partial charge in [-0.3, -0.25) is 0 Å². The van der Waals surface area contributed by atoms with Crippen LogP contribution in [-0.4, -0.2) is 0 Å². The average molecular weight is 210 g/mol. The van der Waals surface area contributed by atoms with Gasteiger partial charge in [0.2, 0.25) is 0 Å². The van der Waals surface area contributed by atoms with Crippen molar-refractivity contribution in [1.82, 2.24) is 0 Å². The van der Waals surface area contributed by atoms with Crippen LogP contribution in [0.25, 0.3) is 21.6 Å². The smallest absolute Gasteiger partial charge is 0.0420 e. The Morgan fingerprint density at radius 3 is 2.33 bits per heavy atom. The highest BCUT2D eigenvalue weighted by molar-refractivity contribution is 7.13. The molecule has 72 valence electrons. The van der Waals surface area contributed by atoms with Crippen LogP contribution < -0.4 is 0 Å². The quantitative estimate of drug-likeness (QED) is 0.554. The zero-order chi connectivity index (χ0) is 10.1. The van der Waals surface area contributed by atoms with Gasteiger partial charge in [-0.25, -0.2) is 0 Å². The molecule has 0 bridgehead atoms. The minimum atomic E-state index is 1.30. The van der Waals surface area contributed by atoms with Crippen LogP contribution in [0.4, 0.5) is 0 Å². The molecule has 1 heterocycles. The maximum atomic E-state index is 2.20. The fourth-order valence-corrected chi connectivity index (χ4v) is 2.72. The van der Waals surface area contributed by atoms with E-state index < -0.39 is 0 Å². The van der Waals surface area contributed by atoms with Crippen molar-refractivity contribution in [3.05, 3.63) is 60.0 Å². The van der Waals surface area contributed by atoms with Gasteiger partial charge < -0.3 is 0 Å². The summed E-state index contributed by atoms with van der Waals surface area (Å²) in [5.74, 6) is 0. The van der Waals surface area contributed by atoms with Gasteiger partial charge in [-0.05, 0) is 22.1 Å². The van der Waals surface area contributed by atoms with Gasteiger partial charge in [-0.1, -0.05) is 54.6 Å². The summed E-state index contributed by atoms with van der Waals surface area (Å²) in [6.45, 7) is 0. The second-order valence-electron chi connectivity index (χ2n) is 3.51. The van der Waals surface area contributed by atoms with Gasteiger partial charge in [0.15, 0.2) is 0 Å². The molecule has 0 fully saturated rings. The van der Waals surface area contributed by atoms with E-state index in [9.17, 15) is 0 Å². The summed E-state index contributed by atoms with van der Waals surface area (Å²) >= 11 is 1.81. The molecule has 0 aromatic heterocycles. The molecule has 0 atom stereocenters. The molecule has 15 heavy (non-hydrogen) atoms. The second-order valence-corrected chi connectivity index (χ2v) is 4.43. The van der Waals surface area contributed by atoms with Crippen molar-refractivity contribution in [2.75, 3.05) is 0 Å². The normalized spacial score (nSPS) is 10.7. The molecule has 0 nitrogen and oxygen atoms in total. The predicted octanol–water partition coefficient (Wildman–Crippen LogP) is 4.52. The van der Waals surface area contributed by atoms with Crippen LogP contribution in [0.3, 0.4) is 0 Å². The molecule has 2 aliphatic rings. The third kappa shape index (κ3) is 1.45. The Bertz CT molecular complexity index is 536. The lowest BCUT2D eigenvalue weighted by Gasteiger charge is -2.02. The standard InChI is InChI=1S/C14H10S/c1-2-5-11(6-3-1)13-9-8-12-7-4-10-15-14(12)13/h1-10H. The molecule has 0 amide bonds. The summed E-state index contributed by atoms with van der Waals surface area (Å²) < 4.78 is 0. The van der Waals surface area contributed by atoms with Crippen LogP contribution in [-0.2, 0) is 0 Å². The Balaban J connectivity index is 2.22. The number of rotatable bonds is 1. The highest BCUT2D eigenvalue weighted by Crippen LogP contribution is 2.37. The van der Waals surface area contributed by atoms with E-state index in [1.807, 2.05) is 0 Å². The lowest BCUT2D eigenvalue weighted by molar-refractivity contribution is 1.68.